The first-order valence-corrected chi connectivity index (χ1v) is 39.8. The number of hydrogen-bond acceptors (Lipinski definition) is 15. The highest BCUT2D eigenvalue weighted by atomic mass is 31.2. The van der Waals surface area contributed by atoms with Crippen LogP contribution in [0.25, 0.3) is 0 Å². The minimum atomic E-state index is -4.97. The van der Waals surface area contributed by atoms with Crippen molar-refractivity contribution in [2.75, 3.05) is 39.6 Å². The number of hydrogen-bond donors (Lipinski definition) is 3. The monoisotopic (exact) mass is 1370 g/mol. The molecule has 0 saturated heterocycles. The van der Waals surface area contributed by atoms with Crippen molar-refractivity contribution >= 4 is 39.5 Å². The molecule has 0 bridgehead atoms. The molecule has 3 N–H and O–H groups in total. The predicted octanol–water partition coefficient (Wildman–Crippen LogP) is 20.7. The molecule has 0 amide bonds. The number of aliphatic hydroxyl groups excluding tert-OH is 1. The van der Waals surface area contributed by atoms with Crippen LogP contribution >= 0.6 is 15.6 Å². The standard InChI is InChI=1S/C75H132O17P2/c1-5-9-13-17-21-25-29-31-33-34-36-37-41-44-48-52-56-60-73(78)86-66-71(92-75(80)62-58-54-50-46-42-38-35-32-30-26-22-18-14-10-6-2)68-90-94(83,84)88-64-69(76)63-87-93(81,82)89-67-70(91-74(79)61-57-53-49-45-40-28-24-20-16-12-8-4)65-85-72(77)59-55-51-47-43-39-27-23-19-15-11-7-3/h9-10,13-14,19,21-23,25-26,31-33,35,69-71,76H,5-8,11-12,15-18,20,24,27-30,34,36-68H2,1-4H3,(H,81,82)(H,83,84)/b13-9-,14-10-,23-19-,25-21-,26-22-,33-31-,35-32-. The summed E-state index contributed by atoms with van der Waals surface area (Å²) in [6, 6.07) is 0. The number of ether oxygens (including phenoxy) is 4. The van der Waals surface area contributed by atoms with Gasteiger partial charge in [0.1, 0.15) is 19.3 Å². The molecule has 0 aliphatic carbocycles. The van der Waals surface area contributed by atoms with E-state index < -0.39 is 97.5 Å². The van der Waals surface area contributed by atoms with Crippen molar-refractivity contribution in [3.63, 3.8) is 0 Å². The molecule has 0 rings (SSSR count). The lowest BCUT2D eigenvalue weighted by Gasteiger charge is -2.21. The second-order valence-corrected chi connectivity index (χ2v) is 27.4. The van der Waals surface area contributed by atoms with Crippen LogP contribution in [-0.2, 0) is 65.4 Å². The van der Waals surface area contributed by atoms with Gasteiger partial charge in [-0.15, -0.1) is 0 Å². The second kappa shape index (κ2) is 67.8. The van der Waals surface area contributed by atoms with Crippen LogP contribution in [0.4, 0.5) is 0 Å². The number of phosphoric ester groups is 2. The van der Waals surface area contributed by atoms with Crippen LogP contribution in [0.1, 0.15) is 310 Å². The maximum atomic E-state index is 13.1. The first kappa shape index (κ1) is 90.2. The predicted molar refractivity (Wildman–Crippen MR) is 381 cm³/mol. The third-order valence-corrected chi connectivity index (χ3v) is 17.3. The zero-order valence-electron chi connectivity index (χ0n) is 59.1. The number of rotatable bonds is 69. The fourth-order valence-electron chi connectivity index (χ4n) is 9.76. The summed E-state index contributed by atoms with van der Waals surface area (Å²) in [6.45, 7) is 4.58. The Hall–Kier alpha value is -3.76. The number of unbranched alkanes of at least 4 members (excludes halogenated alkanes) is 29. The highest BCUT2D eigenvalue weighted by molar-refractivity contribution is 7.47. The van der Waals surface area contributed by atoms with Crippen LogP contribution < -0.4 is 0 Å². The topological polar surface area (TPSA) is 237 Å². The van der Waals surface area contributed by atoms with E-state index in [1.54, 1.807) is 0 Å². The Bertz CT molecular complexity index is 2120. The van der Waals surface area contributed by atoms with E-state index in [-0.39, 0.29) is 25.7 Å². The molecule has 0 aromatic heterocycles. The number of aliphatic hydroxyl groups is 1. The van der Waals surface area contributed by atoms with Gasteiger partial charge < -0.3 is 33.8 Å². The van der Waals surface area contributed by atoms with Gasteiger partial charge in [0, 0.05) is 25.7 Å². The van der Waals surface area contributed by atoms with Gasteiger partial charge in [0.15, 0.2) is 12.2 Å². The second-order valence-electron chi connectivity index (χ2n) is 24.5. The first-order chi connectivity index (χ1) is 45.7. The quantitative estimate of drug-likeness (QED) is 0.0169. The molecular formula is C75H132O17P2. The van der Waals surface area contributed by atoms with Crippen molar-refractivity contribution < 1.29 is 80.2 Å². The van der Waals surface area contributed by atoms with E-state index in [1.807, 2.05) is 0 Å². The maximum Gasteiger partial charge on any atom is 0.472 e. The van der Waals surface area contributed by atoms with Gasteiger partial charge in [-0.05, 0) is 109 Å². The Labute approximate surface area is 570 Å². The number of allylic oxidation sites excluding steroid dienone is 14. The summed E-state index contributed by atoms with van der Waals surface area (Å²) in [5.74, 6) is -2.20. The molecule has 0 radical (unpaired) electrons. The number of phosphoric acid groups is 2. The van der Waals surface area contributed by atoms with Gasteiger partial charge in [-0.2, -0.15) is 0 Å². The molecule has 5 unspecified atom stereocenters. The van der Waals surface area contributed by atoms with E-state index in [1.165, 1.54) is 51.4 Å². The lowest BCUT2D eigenvalue weighted by molar-refractivity contribution is -0.161. The Kier molecular flexibility index (Phi) is 65.1. The van der Waals surface area contributed by atoms with Crippen LogP contribution in [0.3, 0.4) is 0 Å². The lowest BCUT2D eigenvalue weighted by Crippen LogP contribution is -2.30. The first-order valence-electron chi connectivity index (χ1n) is 36.8. The molecule has 0 saturated carbocycles. The molecule has 0 aromatic carbocycles. The fraction of sp³-hybridized carbons (Fsp3) is 0.760. The average molecular weight is 1370 g/mol. The Morgan fingerprint density at radius 1 is 0.309 bits per heavy atom. The molecule has 19 heteroatoms. The number of carbonyl (C=O) groups is 4. The third kappa shape index (κ3) is 66.8. The van der Waals surface area contributed by atoms with E-state index >= 15 is 0 Å². The van der Waals surface area contributed by atoms with Gasteiger partial charge in [0.05, 0.1) is 26.4 Å². The van der Waals surface area contributed by atoms with E-state index in [9.17, 15) is 43.2 Å². The van der Waals surface area contributed by atoms with Gasteiger partial charge in [0.2, 0.25) is 0 Å². The Morgan fingerprint density at radius 2 is 0.564 bits per heavy atom. The smallest absolute Gasteiger partial charge is 0.462 e. The van der Waals surface area contributed by atoms with Crippen molar-refractivity contribution in [3.05, 3.63) is 85.1 Å². The molecular weight excluding hydrogens is 1230 g/mol. The molecule has 544 valence electrons. The largest absolute Gasteiger partial charge is 0.472 e. The third-order valence-electron chi connectivity index (χ3n) is 15.4. The summed E-state index contributed by atoms with van der Waals surface area (Å²) in [6.07, 6.45) is 67.3. The minimum absolute atomic E-state index is 0.0741. The van der Waals surface area contributed by atoms with E-state index in [4.69, 9.17) is 37.0 Å². The summed E-state index contributed by atoms with van der Waals surface area (Å²) in [7, 11) is -9.94. The van der Waals surface area contributed by atoms with E-state index in [2.05, 4.69) is 113 Å². The van der Waals surface area contributed by atoms with E-state index in [0.29, 0.717) is 25.7 Å². The summed E-state index contributed by atoms with van der Waals surface area (Å²) < 4.78 is 68.3. The minimum Gasteiger partial charge on any atom is -0.462 e. The summed E-state index contributed by atoms with van der Waals surface area (Å²) in [5, 5.41) is 10.6. The lowest BCUT2D eigenvalue weighted by atomic mass is 10.1. The van der Waals surface area contributed by atoms with Crippen LogP contribution in [0.15, 0.2) is 85.1 Å². The molecule has 0 spiro atoms. The molecule has 0 aromatic rings. The molecule has 0 aliphatic rings. The SMILES string of the molecule is CC/C=C\C/C=C\C/C=C\CCCCCCCCCC(=O)OCC(COP(=O)(O)OCC(O)COP(=O)(O)OCC(COC(=O)CCCCCCC/C=C\CCCC)OC(=O)CCCCCCCCCCCCC)OC(=O)CCCCCCC/C=C\C/C=C\C/C=C\CC. The zero-order valence-corrected chi connectivity index (χ0v) is 60.9. The number of esters is 4. The summed E-state index contributed by atoms with van der Waals surface area (Å²) in [4.78, 5) is 72.6. The van der Waals surface area contributed by atoms with Gasteiger partial charge in [0.25, 0.3) is 0 Å². The molecule has 5 atom stereocenters. The van der Waals surface area contributed by atoms with Gasteiger partial charge in [-0.25, -0.2) is 9.13 Å². The van der Waals surface area contributed by atoms with Crippen molar-refractivity contribution in [2.24, 2.45) is 0 Å². The van der Waals surface area contributed by atoms with Crippen molar-refractivity contribution in [1.82, 2.24) is 0 Å². The molecule has 17 nitrogen and oxygen atoms in total. The average Bonchev–Trinajstić information content (AvgIpc) is 1.29. The van der Waals surface area contributed by atoms with Crippen molar-refractivity contribution in [3.8, 4) is 0 Å². The van der Waals surface area contributed by atoms with Gasteiger partial charge in [-0.1, -0.05) is 260 Å². The zero-order chi connectivity index (χ0) is 69.0. The summed E-state index contributed by atoms with van der Waals surface area (Å²) in [5.41, 5.74) is 0. The molecule has 0 aliphatic heterocycles. The number of carbonyl (C=O) groups excluding carboxylic acids is 4. The molecule has 0 heterocycles. The molecule has 94 heavy (non-hydrogen) atoms. The van der Waals surface area contributed by atoms with Crippen molar-refractivity contribution in [1.29, 1.82) is 0 Å². The maximum absolute atomic E-state index is 13.1. The fourth-order valence-corrected chi connectivity index (χ4v) is 11.3. The van der Waals surface area contributed by atoms with Crippen LogP contribution in [0.2, 0.25) is 0 Å². The van der Waals surface area contributed by atoms with Gasteiger partial charge >= 0.3 is 39.5 Å². The van der Waals surface area contributed by atoms with Crippen LogP contribution in [0.5, 0.6) is 0 Å². The van der Waals surface area contributed by atoms with E-state index in [0.717, 1.165) is 180 Å². The normalized spacial score (nSPS) is 14.5. The molecule has 0 fully saturated rings. The van der Waals surface area contributed by atoms with Crippen molar-refractivity contribution in [2.45, 2.75) is 329 Å². The summed E-state index contributed by atoms with van der Waals surface area (Å²) >= 11 is 0. The highest BCUT2D eigenvalue weighted by Gasteiger charge is 2.30. The Morgan fingerprint density at radius 3 is 0.894 bits per heavy atom. The van der Waals surface area contributed by atoms with Crippen LogP contribution in [0, 0.1) is 0 Å². The highest BCUT2D eigenvalue weighted by Crippen LogP contribution is 2.45. The van der Waals surface area contributed by atoms with Gasteiger partial charge in [-0.3, -0.25) is 37.3 Å². The Balaban J connectivity index is 5.32. The van der Waals surface area contributed by atoms with Crippen LogP contribution in [-0.4, -0.2) is 96.7 Å².